The summed E-state index contributed by atoms with van der Waals surface area (Å²) < 4.78 is 10.6. The van der Waals surface area contributed by atoms with Gasteiger partial charge in [0.25, 0.3) is 0 Å². The standard InChI is InChI=1S/C16H23NO3/c1-19-15-5-3-2-4-14(15)6-7-16(18)17-10-8-13-9-11-20-12-13/h2-5,13H,6-12H2,1H3,(H,17,18)/t13-/m1/s1. The van der Waals surface area contributed by atoms with Gasteiger partial charge in [-0.25, -0.2) is 0 Å². The second kappa shape index (κ2) is 7.90. The molecular weight excluding hydrogens is 254 g/mol. The molecule has 1 aliphatic rings. The maximum atomic E-state index is 11.8. The Hall–Kier alpha value is -1.55. The van der Waals surface area contributed by atoms with Crippen molar-refractivity contribution in [1.29, 1.82) is 0 Å². The Morgan fingerprint density at radius 1 is 1.45 bits per heavy atom. The number of aryl methyl sites for hydroxylation is 1. The zero-order valence-electron chi connectivity index (χ0n) is 12.1. The highest BCUT2D eigenvalue weighted by Crippen LogP contribution is 2.19. The number of amides is 1. The highest BCUT2D eigenvalue weighted by Gasteiger charge is 2.15. The first-order valence-corrected chi connectivity index (χ1v) is 7.26. The van der Waals surface area contributed by atoms with Crippen LogP contribution in [0.1, 0.15) is 24.8 Å². The van der Waals surface area contributed by atoms with Crippen LogP contribution >= 0.6 is 0 Å². The van der Waals surface area contributed by atoms with E-state index in [1.165, 1.54) is 0 Å². The third kappa shape index (κ3) is 4.53. The summed E-state index contributed by atoms with van der Waals surface area (Å²) in [5.74, 6) is 1.57. The van der Waals surface area contributed by atoms with Gasteiger partial charge in [-0.2, -0.15) is 0 Å². The van der Waals surface area contributed by atoms with Gasteiger partial charge in [0.1, 0.15) is 5.75 Å². The molecule has 4 nitrogen and oxygen atoms in total. The van der Waals surface area contributed by atoms with Crippen molar-refractivity contribution >= 4 is 5.91 Å². The van der Waals surface area contributed by atoms with E-state index in [0.717, 1.165) is 43.9 Å². The van der Waals surface area contributed by atoms with Gasteiger partial charge >= 0.3 is 0 Å². The Morgan fingerprint density at radius 3 is 3.05 bits per heavy atom. The van der Waals surface area contributed by atoms with Gasteiger partial charge in [-0.3, -0.25) is 4.79 Å². The molecule has 110 valence electrons. The molecule has 1 aromatic rings. The van der Waals surface area contributed by atoms with Gasteiger partial charge in [-0.1, -0.05) is 18.2 Å². The second-order valence-corrected chi connectivity index (χ2v) is 5.18. The van der Waals surface area contributed by atoms with E-state index in [0.29, 0.717) is 18.8 Å². The van der Waals surface area contributed by atoms with Gasteiger partial charge < -0.3 is 14.8 Å². The monoisotopic (exact) mass is 277 g/mol. The van der Waals surface area contributed by atoms with Crippen molar-refractivity contribution in [3.8, 4) is 5.75 Å². The highest BCUT2D eigenvalue weighted by molar-refractivity contribution is 5.76. The molecule has 0 aliphatic carbocycles. The minimum atomic E-state index is 0.106. The fourth-order valence-electron chi connectivity index (χ4n) is 2.47. The normalized spacial score (nSPS) is 17.9. The van der Waals surface area contributed by atoms with Crippen LogP contribution in [0.5, 0.6) is 5.75 Å². The molecule has 0 saturated carbocycles. The number of carbonyl (C=O) groups is 1. The lowest BCUT2D eigenvalue weighted by molar-refractivity contribution is -0.121. The first-order valence-electron chi connectivity index (χ1n) is 7.26. The summed E-state index contributed by atoms with van der Waals surface area (Å²) in [5, 5.41) is 2.98. The summed E-state index contributed by atoms with van der Waals surface area (Å²) in [6.07, 6.45) is 3.35. The van der Waals surface area contributed by atoms with Crippen LogP contribution in [0.3, 0.4) is 0 Å². The first-order chi connectivity index (χ1) is 9.79. The molecule has 20 heavy (non-hydrogen) atoms. The number of carbonyl (C=O) groups excluding carboxylic acids is 1. The number of para-hydroxylation sites is 1. The molecule has 2 rings (SSSR count). The molecule has 4 heteroatoms. The van der Waals surface area contributed by atoms with Crippen LogP contribution in [-0.4, -0.2) is 32.8 Å². The number of ether oxygens (including phenoxy) is 2. The van der Waals surface area contributed by atoms with Crippen LogP contribution < -0.4 is 10.1 Å². The van der Waals surface area contributed by atoms with Gasteiger partial charge in [0.15, 0.2) is 0 Å². The number of hydrogen-bond acceptors (Lipinski definition) is 3. The zero-order chi connectivity index (χ0) is 14.2. The summed E-state index contributed by atoms with van der Waals surface area (Å²) in [6.45, 7) is 2.46. The molecular formula is C16H23NO3. The lowest BCUT2D eigenvalue weighted by Gasteiger charge is -2.10. The highest BCUT2D eigenvalue weighted by atomic mass is 16.5. The van der Waals surface area contributed by atoms with Gasteiger partial charge in [-0.05, 0) is 36.8 Å². The number of hydrogen-bond donors (Lipinski definition) is 1. The van der Waals surface area contributed by atoms with Crippen LogP contribution in [0.2, 0.25) is 0 Å². The molecule has 0 unspecified atom stereocenters. The van der Waals surface area contributed by atoms with E-state index in [-0.39, 0.29) is 5.91 Å². The van der Waals surface area contributed by atoms with E-state index in [1.54, 1.807) is 7.11 Å². The molecule has 1 aromatic carbocycles. The van der Waals surface area contributed by atoms with Crippen molar-refractivity contribution in [2.24, 2.45) is 5.92 Å². The lowest BCUT2D eigenvalue weighted by atomic mass is 10.1. The fourth-order valence-corrected chi connectivity index (χ4v) is 2.47. The van der Waals surface area contributed by atoms with Crippen molar-refractivity contribution in [3.05, 3.63) is 29.8 Å². The maximum Gasteiger partial charge on any atom is 0.220 e. The molecule has 0 radical (unpaired) electrons. The molecule has 1 fully saturated rings. The summed E-state index contributed by atoms with van der Waals surface area (Å²) in [4.78, 5) is 11.8. The number of rotatable bonds is 7. The molecule has 1 aliphatic heterocycles. The fraction of sp³-hybridized carbons (Fsp3) is 0.562. The van der Waals surface area contributed by atoms with Crippen LogP contribution in [-0.2, 0) is 16.0 Å². The Morgan fingerprint density at radius 2 is 2.30 bits per heavy atom. The Labute approximate surface area is 120 Å². The predicted octanol–water partition coefficient (Wildman–Crippen LogP) is 2.17. The van der Waals surface area contributed by atoms with Gasteiger partial charge in [-0.15, -0.1) is 0 Å². The second-order valence-electron chi connectivity index (χ2n) is 5.18. The molecule has 0 bridgehead atoms. The van der Waals surface area contributed by atoms with Crippen molar-refractivity contribution in [2.45, 2.75) is 25.7 Å². The van der Waals surface area contributed by atoms with Gasteiger partial charge in [0.05, 0.1) is 7.11 Å². The predicted molar refractivity (Wildman–Crippen MR) is 77.9 cm³/mol. The van der Waals surface area contributed by atoms with E-state index in [4.69, 9.17) is 9.47 Å². The molecule has 1 atom stereocenters. The van der Waals surface area contributed by atoms with E-state index >= 15 is 0 Å². The lowest BCUT2D eigenvalue weighted by Crippen LogP contribution is -2.26. The third-order valence-corrected chi connectivity index (χ3v) is 3.71. The summed E-state index contributed by atoms with van der Waals surface area (Å²) in [6, 6.07) is 7.83. The van der Waals surface area contributed by atoms with Crippen LogP contribution in [0.15, 0.2) is 24.3 Å². The third-order valence-electron chi connectivity index (χ3n) is 3.71. The topological polar surface area (TPSA) is 47.6 Å². The van der Waals surface area contributed by atoms with E-state index in [1.807, 2.05) is 24.3 Å². The largest absolute Gasteiger partial charge is 0.496 e. The van der Waals surface area contributed by atoms with E-state index in [2.05, 4.69) is 5.32 Å². The average Bonchev–Trinajstić information content (AvgIpc) is 2.98. The number of nitrogens with one attached hydrogen (secondary N) is 1. The molecule has 1 saturated heterocycles. The summed E-state index contributed by atoms with van der Waals surface area (Å²) in [7, 11) is 1.66. The summed E-state index contributed by atoms with van der Waals surface area (Å²) in [5.41, 5.74) is 1.08. The van der Waals surface area contributed by atoms with Crippen molar-refractivity contribution in [2.75, 3.05) is 26.9 Å². The van der Waals surface area contributed by atoms with E-state index in [9.17, 15) is 4.79 Å². The van der Waals surface area contributed by atoms with Crippen molar-refractivity contribution in [3.63, 3.8) is 0 Å². The SMILES string of the molecule is COc1ccccc1CCC(=O)NCC[C@@H]1CCOC1. The Balaban J connectivity index is 1.66. The molecule has 0 spiro atoms. The zero-order valence-corrected chi connectivity index (χ0v) is 12.1. The Kier molecular flexibility index (Phi) is 5.87. The first kappa shape index (κ1) is 14.9. The maximum absolute atomic E-state index is 11.8. The average molecular weight is 277 g/mol. The number of benzene rings is 1. The van der Waals surface area contributed by atoms with E-state index < -0.39 is 0 Å². The van der Waals surface area contributed by atoms with Gasteiger partial charge in [0.2, 0.25) is 5.91 Å². The molecule has 0 aromatic heterocycles. The van der Waals surface area contributed by atoms with Gasteiger partial charge in [0, 0.05) is 26.2 Å². The molecule has 1 amide bonds. The molecule has 1 N–H and O–H groups in total. The quantitative estimate of drug-likeness (QED) is 0.831. The minimum absolute atomic E-state index is 0.106. The summed E-state index contributed by atoms with van der Waals surface area (Å²) >= 11 is 0. The number of methoxy groups -OCH3 is 1. The van der Waals surface area contributed by atoms with Crippen LogP contribution in [0.4, 0.5) is 0 Å². The van der Waals surface area contributed by atoms with Crippen molar-refractivity contribution in [1.82, 2.24) is 5.32 Å². The van der Waals surface area contributed by atoms with Crippen LogP contribution in [0, 0.1) is 5.92 Å². The Bertz CT molecular complexity index is 427. The smallest absolute Gasteiger partial charge is 0.220 e. The molecule has 1 heterocycles. The van der Waals surface area contributed by atoms with Crippen molar-refractivity contribution < 1.29 is 14.3 Å². The minimum Gasteiger partial charge on any atom is -0.496 e. The van der Waals surface area contributed by atoms with Crippen LogP contribution in [0.25, 0.3) is 0 Å².